The summed E-state index contributed by atoms with van der Waals surface area (Å²) in [7, 11) is 0. The van der Waals surface area contributed by atoms with Crippen molar-refractivity contribution < 1.29 is 0 Å². The van der Waals surface area contributed by atoms with Crippen molar-refractivity contribution in [3.05, 3.63) is 0 Å². The molecule has 10 heteroatoms. The Balaban J connectivity index is 0. The van der Waals surface area contributed by atoms with E-state index in [1.165, 1.54) is 0 Å². The van der Waals surface area contributed by atoms with E-state index >= 15 is 0 Å². The molecule has 0 nitrogen and oxygen atoms in total. The molecule has 0 saturated heterocycles. The van der Waals surface area contributed by atoms with E-state index in [0.717, 1.165) is 0 Å². The van der Waals surface area contributed by atoms with E-state index in [4.69, 9.17) is 90.6 Å². The normalized spacial score (nSPS) is 14.2. The van der Waals surface area contributed by atoms with Gasteiger partial charge in [-0.05, 0) is 0 Å². The monoisotopic (exact) mass is 322 g/mol. The Morgan fingerprint density at radius 3 is 0.700 bits per heavy atom. The topological polar surface area (TPSA) is 0 Å². The molecule has 0 aliphatic rings. The van der Waals surface area contributed by atoms with Gasteiger partial charge in [0.2, 0.25) is 0 Å². The van der Waals surface area contributed by atoms with Crippen LogP contribution in [0.5, 0.6) is 0 Å². The summed E-state index contributed by atoms with van der Waals surface area (Å²) >= 11 is 39.3. The first-order valence-corrected chi connectivity index (χ1v) is 9.57. The first kappa shape index (κ1) is 15.3. The Hall–Kier alpha value is 2.81. The molecule has 0 heterocycles. The first-order chi connectivity index (χ1) is 3.97. The second-order valence-electron chi connectivity index (χ2n) is 0.886. The summed E-state index contributed by atoms with van der Waals surface area (Å²) in [4.78, 5) is -0.750. The van der Waals surface area contributed by atoms with Gasteiger partial charge in [-0.25, -0.2) is 0 Å². The van der Waals surface area contributed by atoms with Crippen molar-refractivity contribution in [2.75, 3.05) is 0 Å². The van der Waals surface area contributed by atoms with Crippen LogP contribution in [-0.4, -0.2) is 4.96 Å². The summed E-state index contributed by atoms with van der Waals surface area (Å²) < 4.78 is -3.69. The number of hydrogen-bond acceptors (Lipinski definition) is 0. The van der Waals surface area contributed by atoms with Crippen LogP contribution >= 0.6 is 94.0 Å². The van der Waals surface area contributed by atoms with Gasteiger partial charge in [0.05, 0.1) is 0 Å². The fraction of sp³-hybridized carbons (Fsp3) is 0. The molecule has 0 atom stereocenters. The summed E-state index contributed by atoms with van der Waals surface area (Å²) in [6.07, 6.45) is 0. The Morgan fingerprint density at radius 2 is 0.700 bits per heavy atom. The van der Waals surface area contributed by atoms with Crippen LogP contribution in [0.2, 0.25) is 0 Å². The Bertz CT molecular complexity index is 67.5. The quantitative estimate of drug-likeness (QED) is 0.379. The minimum atomic E-state index is -3.69. The molecule has 0 unspecified atom stereocenters. The summed E-state index contributed by atoms with van der Waals surface area (Å²) in [5, 5.41) is 0. The Labute approximate surface area is 98.0 Å². The van der Waals surface area contributed by atoms with Crippen molar-refractivity contribution in [1.82, 2.24) is 0 Å². The van der Waals surface area contributed by atoms with E-state index in [9.17, 15) is 0 Å². The minimum absolute atomic E-state index is 0.750. The number of halogens is 8. The predicted molar refractivity (Wildman–Crippen MR) is 59.5 cm³/mol. The zero-order valence-electron chi connectivity index (χ0n) is 4.05. The number of rotatable bonds is 0. The van der Waals surface area contributed by atoms with E-state index in [0.29, 0.717) is 0 Å². The maximum atomic E-state index is 4.98. The standard InChI is InChI=1S/BCl3.Cl5P/c2-1(3)4;1-6(2,3,4)5. The predicted octanol–water partition coefficient (Wildman–Crippen LogP) is 6.00. The molecule has 0 saturated carbocycles. The molecule has 0 aliphatic carbocycles. The average molecular weight is 325 g/mol. The molecule has 0 rings (SSSR count). The van der Waals surface area contributed by atoms with Gasteiger partial charge in [0.25, 0.3) is 0 Å². The van der Waals surface area contributed by atoms with E-state index in [1.54, 1.807) is 0 Å². The molecule has 0 bridgehead atoms. The molecule has 10 heavy (non-hydrogen) atoms. The second-order valence-corrected chi connectivity index (χ2v) is 19.5. The Kier molecular flexibility index (Phi) is 8.45. The van der Waals surface area contributed by atoms with Crippen LogP contribution in [0.4, 0.5) is 0 Å². The first-order valence-electron chi connectivity index (χ1n) is 1.50. The van der Waals surface area contributed by atoms with Crippen LogP contribution in [0, 0.1) is 0 Å². The molecule has 0 spiro atoms. The van der Waals surface area contributed by atoms with Gasteiger partial charge in [0, 0.05) is 0 Å². The van der Waals surface area contributed by atoms with Crippen molar-refractivity contribution in [2.45, 2.75) is 0 Å². The third kappa shape index (κ3) is 131. The summed E-state index contributed by atoms with van der Waals surface area (Å²) in [6, 6.07) is 0. The van der Waals surface area contributed by atoms with Crippen molar-refractivity contribution in [3.8, 4) is 0 Å². The molecule has 64 valence electrons. The number of hydrogen-bond donors (Lipinski definition) is 0. The molecular formula is BCl8P. The van der Waals surface area contributed by atoms with Gasteiger partial charge < -0.3 is 0 Å². The summed E-state index contributed by atoms with van der Waals surface area (Å²) in [5.41, 5.74) is 0. The molecule has 0 aromatic heterocycles. The third-order valence-electron chi connectivity index (χ3n) is 0. The molecule has 0 N–H and O–H groups in total. The van der Waals surface area contributed by atoms with Gasteiger partial charge in [-0.2, -0.15) is 34.4 Å². The molecular weight excluding hydrogens is 325 g/mol. The van der Waals surface area contributed by atoms with Gasteiger partial charge in [-0.15, -0.1) is 0 Å². The van der Waals surface area contributed by atoms with Gasteiger partial charge in [-0.1, -0.05) is 0 Å². The summed E-state index contributed by atoms with van der Waals surface area (Å²) in [6.45, 7) is 0. The van der Waals surface area contributed by atoms with Crippen LogP contribution in [-0.2, 0) is 0 Å². The maximum absolute atomic E-state index is 4.98. The molecule has 0 fully saturated rings. The molecule has 0 aromatic rings. The van der Waals surface area contributed by atoms with E-state index < -0.39 is 8.33 Å². The van der Waals surface area contributed by atoms with Gasteiger partial charge in [-0.3, -0.25) is 0 Å². The molecule has 0 aliphatic heterocycles. The zero-order valence-corrected chi connectivity index (χ0v) is 11.0. The molecule has 0 aromatic carbocycles. The van der Waals surface area contributed by atoms with Gasteiger partial charge >= 0.3 is 64.5 Å². The second kappa shape index (κ2) is 5.53. The van der Waals surface area contributed by atoms with Crippen molar-refractivity contribution in [2.24, 2.45) is 0 Å². The van der Waals surface area contributed by atoms with Crippen LogP contribution in [0.25, 0.3) is 0 Å². The van der Waals surface area contributed by atoms with Crippen LogP contribution in [0.15, 0.2) is 0 Å². The van der Waals surface area contributed by atoms with Crippen LogP contribution in [0.1, 0.15) is 0 Å². The van der Waals surface area contributed by atoms with E-state index in [2.05, 4.69) is 0 Å². The zero-order chi connectivity index (χ0) is 9.02. The molecule has 0 radical (unpaired) electrons. The Morgan fingerprint density at radius 1 is 0.700 bits per heavy atom. The van der Waals surface area contributed by atoms with Crippen LogP contribution < -0.4 is 0 Å². The van der Waals surface area contributed by atoms with E-state index in [1.807, 2.05) is 0 Å². The SMILES string of the molecule is ClB(Cl)Cl.ClP(Cl)(Cl)(Cl)Cl. The van der Waals surface area contributed by atoms with Gasteiger partial charge in [0.1, 0.15) is 0 Å². The summed E-state index contributed by atoms with van der Waals surface area (Å²) in [5.74, 6) is 0. The van der Waals surface area contributed by atoms with Crippen LogP contribution in [0.3, 0.4) is 0 Å². The third-order valence-corrected chi connectivity index (χ3v) is 0. The average Bonchev–Trinajstić information content (AvgIpc) is 1.14. The molecule has 0 amide bonds. The van der Waals surface area contributed by atoms with Crippen molar-refractivity contribution in [3.63, 3.8) is 0 Å². The fourth-order valence-electron chi connectivity index (χ4n) is 0. The fourth-order valence-corrected chi connectivity index (χ4v) is 0. The van der Waals surface area contributed by atoms with Crippen molar-refractivity contribution >= 4 is 98.9 Å². The van der Waals surface area contributed by atoms with E-state index in [-0.39, 0.29) is 0 Å². The van der Waals surface area contributed by atoms with Gasteiger partial charge in [0.15, 0.2) is 0 Å². The van der Waals surface area contributed by atoms with Crippen molar-refractivity contribution in [1.29, 1.82) is 0 Å².